The number of rotatable bonds is 2. The van der Waals surface area contributed by atoms with Gasteiger partial charge in [0.1, 0.15) is 0 Å². The van der Waals surface area contributed by atoms with Gasteiger partial charge in [-0.25, -0.2) is 0 Å². The molecule has 0 spiro atoms. The van der Waals surface area contributed by atoms with Crippen LogP contribution in [0.15, 0.2) is 36.0 Å². The van der Waals surface area contributed by atoms with E-state index >= 15 is 0 Å². The maximum absolute atomic E-state index is 5.34. The monoisotopic (exact) mass is 448 g/mol. The van der Waals surface area contributed by atoms with E-state index in [9.17, 15) is 0 Å². The van der Waals surface area contributed by atoms with Crippen molar-refractivity contribution in [1.82, 2.24) is 0 Å². The van der Waals surface area contributed by atoms with E-state index in [-0.39, 0.29) is 52.1 Å². The van der Waals surface area contributed by atoms with Gasteiger partial charge in [0, 0.05) is 0 Å². The molecule has 27 heavy (non-hydrogen) atoms. The van der Waals surface area contributed by atoms with Crippen molar-refractivity contribution in [1.29, 1.82) is 0 Å². The predicted octanol–water partition coefficient (Wildman–Crippen LogP) is 1.90. The summed E-state index contributed by atoms with van der Waals surface area (Å²) < 4.78 is 0. The van der Waals surface area contributed by atoms with Crippen molar-refractivity contribution in [2.45, 2.75) is 110 Å². The number of nitrogens with zero attached hydrogens (tertiary/aromatic N) is 1. The standard InChI is InChI=1S/C21H36N.C2H4.2ClH.Ti/c1-17-16-21(4,19(3)18(17)2)22-20-14-12-10-8-6-5-7-9-11-13-15-20;1-2;;;/h16,20H,5-15H2,1-4H3;1-2H2;2*1H;/q-1;;;;+3/p-2. The molecule has 1 saturated carbocycles. The van der Waals surface area contributed by atoms with Crippen LogP contribution in [0.2, 0.25) is 0 Å². The molecule has 2 aliphatic rings. The Morgan fingerprint density at radius 3 is 1.52 bits per heavy atom. The fourth-order valence-corrected chi connectivity index (χ4v) is 4.10. The summed E-state index contributed by atoms with van der Waals surface area (Å²) in [7, 11) is 0. The first-order valence-corrected chi connectivity index (χ1v) is 10.1. The van der Waals surface area contributed by atoms with Gasteiger partial charge in [-0.2, -0.15) is 0 Å². The molecule has 1 atom stereocenters. The predicted molar refractivity (Wildman–Crippen MR) is 110 cm³/mol. The first-order valence-electron chi connectivity index (χ1n) is 10.1. The van der Waals surface area contributed by atoms with E-state index in [2.05, 4.69) is 46.9 Å². The third kappa shape index (κ3) is 10.7. The van der Waals surface area contributed by atoms with Crippen LogP contribution in [0, 0.1) is 0 Å². The second-order valence-corrected chi connectivity index (χ2v) is 7.77. The Morgan fingerprint density at radius 1 is 0.815 bits per heavy atom. The summed E-state index contributed by atoms with van der Waals surface area (Å²) in [6.45, 7) is 15.1. The summed E-state index contributed by atoms with van der Waals surface area (Å²) in [5.74, 6) is 0. The second kappa shape index (κ2) is 17.3. The van der Waals surface area contributed by atoms with Crippen molar-refractivity contribution in [2.24, 2.45) is 0 Å². The van der Waals surface area contributed by atoms with Gasteiger partial charge in [-0.3, -0.25) is 0 Å². The van der Waals surface area contributed by atoms with Gasteiger partial charge >= 0.3 is 21.7 Å². The molecule has 2 aliphatic carbocycles. The van der Waals surface area contributed by atoms with E-state index in [1.54, 1.807) is 0 Å². The Kier molecular flexibility index (Phi) is 20.6. The molecule has 0 aromatic carbocycles. The molecular weight excluding hydrogens is 409 g/mol. The van der Waals surface area contributed by atoms with Crippen LogP contribution < -0.4 is 24.8 Å². The molecule has 1 fully saturated rings. The smallest absolute Gasteiger partial charge is 1.00 e. The van der Waals surface area contributed by atoms with Crippen LogP contribution in [0.25, 0.3) is 5.32 Å². The maximum atomic E-state index is 5.34. The molecule has 1 radical (unpaired) electrons. The SMILES string of the molecule is C=C.CC1=CC(C)([N-]C2CCCCCCCCCCC2)C(C)=C1C.[Cl-].[Cl-].[Ti+3]. The fraction of sp³-hybridized carbons (Fsp3) is 0.739. The Bertz CT molecular complexity index is 436. The Hall–Kier alpha value is 0.474. The van der Waals surface area contributed by atoms with Crippen molar-refractivity contribution >= 4 is 0 Å². The van der Waals surface area contributed by atoms with Crippen molar-refractivity contribution < 1.29 is 46.5 Å². The van der Waals surface area contributed by atoms with E-state index < -0.39 is 0 Å². The molecule has 1 nitrogen and oxygen atoms in total. The van der Waals surface area contributed by atoms with Crippen LogP contribution >= 0.6 is 0 Å². The largest absolute Gasteiger partial charge is 3.00 e. The first-order chi connectivity index (χ1) is 11.5. The quantitative estimate of drug-likeness (QED) is 0.452. The van der Waals surface area contributed by atoms with Gasteiger partial charge in [-0.1, -0.05) is 106 Å². The number of allylic oxidation sites excluding steroid dienone is 2. The summed E-state index contributed by atoms with van der Waals surface area (Å²) in [4.78, 5) is 0. The minimum absolute atomic E-state index is 0. The fourth-order valence-electron chi connectivity index (χ4n) is 4.10. The minimum Gasteiger partial charge on any atom is -1.00 e. The maximum Gasteiger partial charge on any atom is 3.00 e. The van der Waals surface area contributed by atoms with E-state index in [1.165, 1.54) is 87.3 Å². The van der Waals surface area contributed by atoms with Gasteiger partial charge in [-0.15, -0.1) is 19.2 Å². The third-order valence-corrected chi connectivity index (χ3v) is 5.94. The molecule has 155 valence electrons. The first kappa shape index (κ1) is 32.1. The van der Waals surface area contributed by atoms with Crippen LogP contribution in [-0.4, -0.2) is 11.6 Å². The normalized spacial score (nSPS) is 24.5. The van der Waals surface area contributed by atoms with E-state index in [1.807, 2.05) is 0 Å². The summed E-state index contributed by atoms with van der Waals surface area (Å²) in [5, 5.41) is 5.34. The number of hydrogen-bond donors (Lipinski definition) is 0. The van der Waals surface area contributed by atoms with Gasteiger partial charge in [0.2, 0.25) is 0 Å². The third-order valence-electron chi connectivity index (χ3n) is 5.94. The number of hydrogen-bond acceptors (Lipinski definition) is 0. The summed E-state index contributed by atoms with van der Waals surface area (Å²) in [6, 6.07) is 0.564. The summed E-state index contributed by atoms with van der Waals surface area (Å²) in [5.41, 5.74) is 4.32. The molecule has 0 N–H and O–H groups in total. The van der Waals surface area contributed by atoms with Crippen LogP contribution in [-0.2, 0) is 21.7 Å². The molecule has 0 saturated heterocycles. The number of halogens is 2. The molecule has 0 heterocycles. The molecule has 0 bridgehead atoms. The zero-order valence-electron chi connectivity index (χ0n) is 18.1. The Balaban J connectivity index is -0.00000111. The molecule has 2 rings (SSSR count). The van der Waals surface area contributed by atoms with E-state index in [0.29, 0.717) is 6.04 Å². The molecular formula is C23H40Cl2NTi. The van der Waals surface area contributed by atoms with E-state index in [4.69, 9.17) is 5.32 Å². The van der Waals surface area contributed by atoms with Gasteiger partial charge in [0.25, 0.3) is 0 Å². The molecule has 4 heteroatoms. The Labute approximate surface area is 197 Å². The van der Waals surface area contributed by atoms with Crippen LogP contribution in [0.5, 0.6) is 0 Å². The van der Waals surface area contributed by atoms with Gasteiger partial charge < -0.3 is 30.1 Å². The van der Waals surface area contributed by atoms with Crippen molar-refractivity contribution in [3.05, 3.63) is 41.3 Å². The van der Waals surface area contributed by atoms with Crippen molar-refractivity contribution in [2.75, 3.05) is 0 Å². The minimum atomic E-state index is -0.0318. The van der Waals surface area contributed by atoms with Crippen LogP contribution in [0.1, 0.15) is 98.3 Å². The molecule has 0 amide bonds. The zero-order valence-corrected chi connectivity index (χ0v) is 21.1. The zero-order chi connectivity index (χ0) is 18.0. The molecule has 0 aromatic rings. The Morgan fingerprint density at radius 2 is 1.19 bits per heavy atom. The average Bonchev–Trinajstić information content (AvgIpc) is 2.75. The van der Waals surface area contributed by atoms with Gasteiger partial charge in [0.15, 0.2) is 0 Å². The molecule has 1 unspecified atom stereocenters. The van der Waals surface area contributed by atoms with Crippen LogP contribution in [0.4, 0.5) is 0 Å². The average molecular weight is 449 g/mol. The molecule has 0 aliphatic heterocycles. The van der Waals surface area contributed by atoms with Gasteiger partial charge in [0.05, 0.1) is 0 Å². The molecule has 0 aromatic heterocycles. The van der Waals surface area contributed by atoms with Gasteiger partial charge in [-0.05, 0) is 20.8 Å². The van der Waals surface area contributed by atoms with Crippen molar-refractivity contribution in [3.63, 3.8) is 0 Å². The summed E-state index contributed by atoms with van der Waals surface area (Å²) >= 11 is 0. The van der Waals surface area contributed by atoms with E-state index in [0.717, 1.165) is 0 Å². The topological polar surface area (TPSA) is 14.1 Å². The summed E-state index contributed by atoms with van der Waals surface area (Å²) in [6.07, 6.45) is 17.8. The second-order valence-electron chi connectivity index (χ2n) is 7.77. The van der Waals surface area contributed by atoms with Crippen LogP contribution in [0.3, 0.4) is 0 Å². The van der Waals surface area contributed by atoms with Crippen molar-refractivity contribution in [3.8, 4) is 0 Å².